The molecule has 1 unspecified atom stereocenters. The smallest absolute Gasteiger partial charge is 0.222 e. The standard InChI is InChI=1S/C10H20N2O/c1-8(2)12-7-9(6-11-3)4-5-10(12)13/h8-9,11H,4-7H2,1-3H3. The van der Waals surface area contributed by atoms with Gasteiger partial charge in [-0.3, -0.25) is 4.79 Å². The Morgan fingerprint density at radius 2 is 2.31 bits per heavy atom. The van der Waals surface area contributed by atoms with Crippen molar-refractivity contribution >= 4 is 5.91 Å². The summed E-state index contributed by atoms with van der Waals surface area (Å²) in [7, 11) is 1.97. The number of likely N-dealkylation sites (tertiary alicyclic amines) is 1. The van der Waals surface area contributed by atoms with E-state index in [-0.39, 0.29) is 0 Å². The normalized spacial score (nSPS) is 24.2. The number of carbonyl (C=O) groups excluding carboxylic acids is 1. The monoisotopic (exact) mass is 184 g/mol. The topological polar surface area (TPSA) is 32.3 Å². The maximum Gasteiger partial charge on any atom is 0.222 e. The fourth-order valence-corrected chi connectivity index (χ4v) is 1.90. The average Bonchev–Trinajstić information content (AvgIpc) is 2.08. The van der Waals surface area contributed by atoms with E-state index in [1.807, 2.05) is 11.9 Å². The largest absolute Gasteiger partial charge is 0.340 e. The van der Waals surface area contributed by atoms with Crippen LogP contribution >= 0.6 is 0 Å². The fraction of sp³-hybridized carbons (Fsp3) is 0.900. The van der Waals surface area contributed by atoms with Gasteiger partial charge in [0.15, 0.2) is 0 Å². The zero-order valence-electron chi connectivity index (χ0n) is 8.84. The fourth-order valence-electron chi connectivity index (χ4n) is 1.90. The van der Waals surface area contributed by atoms with Crippen molar-refractivity contribution in [1.82, 2.24) is 10.2 Å². The van der Waals surface area contributed by atoms with Gasteiger partial charge in [-0.2, -0.15) is 0 Å². The van der Waals surface area contributed by atoms with Crippen molar-refractivity contribution in [3.05, 3.63) is 0 Å². The van der Waals surface area contributed by atoms with Gasteiger partial charge in [0.2, 0.25) is 5.91 Å². The molecule has 0 aromatic carbocycles. The summed E-state index contributed by atoms with van der Waals surface area (Å²) in [6, 6.07) is 0.354. The second kappa shape index (κ2) is 4.61. The van der Waals surface area contributed by atoms with Gasteiger partial charge in [0.1, 0.15) is 0 Å². The highest BCUT2D eigenvalue weighted by molar-refractivity contribution is 5.77. The highest BCUT2D eigenvalue weighted by Gasteiger charge is 2.26. The molecule has 1 aliphatic rings. The summed E-state index contributed by atoms with van der Waals surface area (Å²) in [5.41, 5.74) is 0. The summed E-state index contributed by atoms with van der Waals surface area (Å²) >= 11 is 0. The van der Waals surface area contributed by atoms with E-state index < -0.39 is 0 Å². The molecule has 0 aromatic rings. The van der Waals surface area contributed by atoms with Crippen molar-refractivity contribution in [2.75, 3.05) is 20.1 Å². The van der Waals surface area contributed by atoms with Crippen LogP contribution in [0.5, 0.6) is 0 Å². The minimum absolute atomic E-state index is 0.322. The predicted molar refractivity (Wildman–Crippen MR) is 53.5 cm³/mol. The number of nitrogens with zero attached hydrogens (tertiary/aromatic N) is 1. The second-order valence-electron chi connectivity index (χ2n) is 4.10. The SMILES string of the molecule is CNCC1CCC(=O)N(C(C)C)C1. The quantitative estimate of drug-likeness (QED) is 0.705. The molecule has 3 heteroatoms. The summed E-state index contributed by atoms with van der Waals surface area (Å²) in [6.07, 6.45) is 1.77. The third kappa shape index (κ3) is 2.69. The van der Waals surface area contributed by atoms with Crippen LogP contribution < -0.4 is 5.32 Å². The van der Waals surface area contributed by atoms with E-state index in [0.717, 1.165) is 25.9 Å². The molecule has 0 bridgehead atoms. The predicted octanol–water partition coefficient (Wildman–Crippen LogP) is 0.853. The van der Waals surface area contributed by atoms with Gasteiger partial charge in [-0.25, -0.2) is 0 Å². The van der Waals surface area contributed by atoms with Crippen LogP contribution in [-0.4, -0.2) is 37.0 Å². The van der Waals surface area contributed by atoms with Gasteiger partial charge in [-0.05, 0) is 39.8 Å². The number of hydrogen-bond acceptors (Lipinski definition) is 2. The lowest BCUT2D eigenvalue weighted by Gasteiger charge is -2.35. The van der Waals surface area contributed by atoms with Crippen LogP contribution in [0.4, 0.5) is 0 Å². The molecular formula is C10H20N2O. The maximum atomic E-state index is 11.5. The maximum absolute atomic E-state index is 11.5. The lowest BCUT2D eigenvalue weighted by molar-refractivity contribution is -0.136. The Kier molecular flexibility index (Phi) is 3.72. The highest BCUT2D eigenvalue weighted by Crippen LogP contribution is 2.18. The van der Waals surface area contributed by atoms with Gasteiger partial charge >= 0.3 is 0 Å². The first-order valence-electron chi connectivity index (χ1n) is 5.09. The Hall–Kier alpha value is -0.570. The molecule has 0 saturated carbocycles. The van der Waals surface area contributed by atoms with Crippen molar-refractivity contribution in [2.24, 2.45) is 5.92 Å². The molecule has 1 N–H and O–H groups in total. The molecule has 1 saturated heterocycles. The lowest BCUT2D eigenvalue weighted by Crippen LogP contribution is -2.46. The molecular weight excluding hydrogens is 164 g/mol. The van der Waals surface area contributed by atoms with Crippen molar-refractivity contribution in [3.8, 4) is 0 Å². The first-order valence-corrected chi connectivity index (χ1v) is 5.09. The van der Waals surface area contributed by atoms with E-state index in [9.17, 15) is 4.79 Å². The number of carbonyl (C=O) groups is 1. The van der Waals surface area contributed by atoms with Gasteiger partial charge in [-0.15, -0.1) is 0 Å². The molecule has 0 aliphatic carbocycles. The van der Waals surface area contributed by atoms with Crippen LogP contribution in [0.1, 0.15) is 26.7 Å². The molecule has 1 fully saturated rings. The van der Waals surface area contributed by atoms with Crippen LogP contribution in [0, 0.1) is 5.92 Å². The average molecular weight is 184 g/mol. The second-order valence-corrected chi connectivity index (χ2v) is 4.10. The van der Waals surface area contributed by atoms with Crippen molar-refractivity contribution in [1.29, 1.82) is 0 Å². The van der Waals surface area contributed by atoms with Crippen LogP contribution in [-0.2, 0) is 4.79 Å². The van der Waals surface area contributed by atoms with Gasteiger partial charge in [-0.1, -0.05) is 0 Å². The molecule has 1 amide bonds. The zero-order chi connectivity index (χ0) is 9.84. The van der Waals surface area contributed by atoms with E-state index >= 15 is 0 Å². The van der Waals surface area contributed by atoms with Gasteiger partial charge in [0.05, 0.1) is 0 Å². The van der Waals surface area contributed by atoms with E-state index in [2.05, 4.69) is 19.2 Å². The Morgan fingerprint density at radius 1 is 1.62 bits per heavy atom. The van der Waals surface area contributed by atoms with Gasteiger partial charge in [0.25, 0.3) is 0 Å². The van der Waals surface area contributed by atoms with Crippen molar-refractivity contribution < 1.29 is 4.79 Å². The Labute approximate surface area is 80.5 Å². The number of hydrogen-bond donors (Lipinski definition) is 1. The van der Waals surface area contributed by atoms with E-state index in [4.69, 9.17) is 0 Å². The summed E-state index contributed by atoms with van der Waals surface area (Å²) in [5, 5.41) is 3.17. The highest BCUT2D eigenvalue weighted by atomic mass is 16.2. The Bertz CT molecular complexity index is 180. The van der Waals surface area contributed by atoms with E-state index in [1.165, 1.54) is 0 Å². The molecule has 1 rings (SSSR count). The molecule has 1 heterocycles. The molecule has 76 valence electrons. The summed E-state index contributed by atoms with van der Waals surface area (Å²) in [5.74, 6) is 0.965. The molecule has 1 atom stereocenters. The van der Waals surface area contributed by atoms with Crippen LogP contribution in [0.2, 0.25) is 0 Å². The van der Waals surface area contributed by atoms with E-state index in [1.54, 1.807) is 0 Å². The van der Waals surface area contributed by atoms with Gasteiger partial charge < -0.3 is 10.2 Å². The van der Waals surface area contributed by atoms with Crippen LogP contribution in [0.15, 0.2) is 0 Å². The molecule has 13 heavy (non-hydrogen) atoms. The summed E-state index contributed by atoms with van der Waals surface area (Å²) in [6.45, 7) is 6.12. The molecule has 0 radical (unpaired) electrons. The van der Waals surface area contributed by atoms with Crippen molar-refractivity contribution in [3.63, 3.8) is 0 Å². The lowest BCUT2D eigenvalue weighted by atomic mass is 9.96. The molecule has 0 aromatic heterocycles. The molecule has 1 aliphatic heterocycles. The molecule has 0 spiro atoms. The van der Waals surface area contributed by atoms with Crippen molar-refractivity contribution in [2.45, 2.75) is 32.7 Å². The summed E-state index contributed by atoms with van der Waals surface area (Å²) in [4.78, 5) is 13.5. The zero-order valence-corrected chi connectivity index (χ0v) is 8.84. The van der Waals surface area contributed by atoms with Crippen LogP contribution in [0.25, 0.3) is 0 Å². The number of piperidine rings is 1. The Morgan fingerprint density at radius 3 is 2.85 bits per heavy atom. The molecule has 3 nitrogen and oxygen atoms in total. The Balaban J connectivity index is 2.48. The number of rotatable bonds is 3. The third-order valence-electron chi connectivity index (χ3n) is 2.66. The first kappa shape index (κ1) is 10.5. The van der Waals surface area contributed by atoms with Crippen LogP contribution in [0.3, 0.4) is 0 Å². The minimum Gasteiger partial charge on any atom is -0.340 e. The van der Waals surface area contributed by atoms with E-state index in [0.29, 0.717) is 17.9 Å². The minimum atomic E-state index is 0.322. The summed E-state index contributed by atoms with van der Waals surface area (Å²) < 4.78 is 0. The van der Waals surface area contributed by atoms with Gasteiger partial charge in [0, 0.05) is 19.0 Å². The third-order valence-corrected chi connectivity index (χ3v) is 2.66. The first-order chi connectivity index (χ1) is 6.15. The number of amides is 1. The number of nitrogens with one attached hydrogen (secondary N) is 1.